The Balaban J connectivity index is 1.20. The molecule has 0 amide bonds. The van der Waals surface area contributed by atoms with Gasteiger partial charge in [-0.05, 0) is 77.4 Å². The van der Waals surface area contributed by atoms with E-state index in [1.807, 2.05) is 66.7 Å². The van der Waals surface area contributed by atoms with Crippen LogP contribution in [-0.4, -0.2) is 9.13 Å². The van der Waals surface area contributed by atoms with Crippen LogP contribution in [0.25, 0.3) is 77.2 Å². The van der Waals surface area contributed by atoms with E-state index in [1.165, 1.54) is 10.8 Å². The first-order valence-corrected chi connectivity index (χ1v) is 16.3. The minimum Gasteiger partial charge on any atom is -0.309 e. The molecule has 0 aliphatic carbocycles. The number of fused-ring (bicyclic) bond motifs is 6. The molecule has 9 rings (SSSR count). The molecule has 50 heavy (non-hydrogen) atoms. The van der Waals surface area contributed by atoms with Crippen molar-refractivity contribution >= 4 is 43.6 Å². The van der Waals surface area contributed by atoms with Crippen LogP contribution in [0.1, 0.15) is 16.7 Å². The first kappa shape index (κ1) is 28.8. The van der Waals surface area contributed by atoms with Gasteiger partial charge in [-0.3, -0.25) is 0 Å². The summed E-state index contributed by atoms with van der Waals surface area (Å²) in [6.07, 6.45) is 0. The summed E-state index contributed by atoms with van der Waals surface area (Å²) in [4.78, 5) is 0. The predicted octanol–water partition coefficient (Wildman–Crippen LogP) is 10.8. The third-order valence-corrected chi connectivity index (χ3v) is 9.63. The van der Waals surface area contributed by atoms with Crippen LogP contribution in [0.15, 0.2) is 152 Å². The summed E-state index contributed by atoms with van der Waals surface area (Å²) in [6.45, 7) is 0. The lowest BCUT2D eigenvalue weighted by Gasteiger charge is -2.15. The maximum Gasteiger partial charge on any atom is 0.101 e. The third-order valence-electron chi connectivity index (χ3n) is 9.63. The second-order valence-electron chi connectivity index (χ2n) is 12.3. The van der Waals surface area contributed by atoms with Gasteiger partial charge in [0.1, 0.15) is 6.07 Å². The zero-order valence-corrected chi connectivity index (χ0v) is 26.7. The molecule has 0 saturated heterocycles. The number of aromatic nitrogens is 2. The van der Waals surface area contributed by atoms with E-state index in [-0.39, 0.29) is 0 Å². The molecule has 2 aromatic heterocycles. The van der Waals surface area contributed by atoms with Gasteiger partial charge in [-0.1, -0.05) is 91.0 Å². The Labute approximate surface area is 287 Å². The second-order valence-corrected chi connectivity index (χ2v) is 12.3. The van der Waals surface area contributed by atoms with Crippen LogP contribution in [0.3, 0.4) is 0 Å². The fourth-order valence-electron chi connectivity index (χ4n) is 7.46. The summed E-state index contributed by atoms with van der Waals surface area (Å²) in [5, 5.41) is 34.4. The average molecular weight is 636 g/mol. The standard InChI is InChI=1S/C45H25N5/c46-26-29-19-22-44-40(23-29)39-15-8-10-32(27-47)45(39)49(44)34-11-7-9-30(25-34)35-21-20-31(24-33(35)28-48)36-12-1-4-16-41(36)50-42-17-5-2-13-37(42)38-14-3-6-18-43(38)50/h1-25H. The zero-order chi connectivity index (χ0) is 33.8. The van der Waals surface area contributed by atoms with Crippen molar-refractivity contribution in [2.24, 2.45) is 0 Å². The van der Waals surface area contributed by atoms with Crippen molar-refractivity contribution in [1.82, 2.24) is 9.13 Å². The molecular formula is C45H25N5. The van der Waals surface area contributed by atoms with Crippen molar-refractivity contribution in [2.75, 3.05) is 0 Å². The van der Waals surface area contributed by atoms with E-state index in [4.69, 9.17) is 0 Å². The van der Waals surface area contributed by atoms with Crippen LogP contribution in [0.4, 0.5) is 0 Å². The SMILES string of the molecule is N#Cc1ccc2c(c1)c1cccc(C#N)c1n2-c1cccc(-c2ccc(-c3ccccc3-n3c4ccccc4c4ccccc43)cc2C#N)c1. The molecule has 0 unspecified atom stereocenters. The topological polar surface area (TPSA) is 81.2 Å². The molecule has 5 heteroatoms. The van der Waals surface area contributed by atoms with Crippen LogP contribution in [0, 0.1) is 34.0 Å². The molecule has 230 valence electrons. The van der Waals surface area contributed by atoms with E-state index in [0.717, 1.165) is 66.5 Å². The first-order chi connectivity index (χ1) is 24.7. The Bertz CT molecular complexity index is 2920. The van der Waals surface area contributed by atoms with E-state index in [1.54, 1.807) is 6.07 Å². The van der Waals surface area contributed by atoms with Crippen LogP contribution >= 0.6 is 0 Å². The molecule has 0 spiro atoms. The summed E-state index contributed by atoms with van der Waals surface area (Å²) in [7, 11) is 0. The van der Waals surface area contributed by atoms with Crippen LogP contribution in [0.2, 0.25) is 0 Å². The molecule has 0 bridgehead atoms. The highest BCUT2D eigenvalue weighted by Crippen LogP contribution is 2.39. The van der Waals surface area contributed by atoms with E-state index in [2.05, 4.69) is 106 Å². The summed E-state index contributed by atoms with van der Waals surface area (Å²) in [5.41, 5.74) is 11.2. The van der Waals surface area contributed by atoms with Crippen LogP contribution < -0.4 is 0 Å². The summed E-state index contributed by atoms with van der Waals surface area (Å²) < 4.78 is 4.39. The van der Waals surface area contributed by atoms with Gasteiger partial charge in [-0.2, -0.15) is 15.8 Å². The Hall–Kier alpha value is -7.39. The lowest BCUT2D eigenvalue weighted by atomic mass is 9.94. The Morgan fingerprint density at radius 2 is 1.06 bits per heavy atom. The second kappa shape index (κ2) is 11.4. The third kappa shape index (κ3) is 4.31. The lowest BCUT2D eigenvalue weighted by Crippen LogP contribution is -1.98. The van der Waals surface area contributed by atoms with Crippen molar-refractivity contribution in [3.63, 3.8) is 0 Å². The van der Waals surface area contributed by atoms with Crippen molar-refractivity contribution < 1.29 is 0 Å². The number of hydrogen-bond donors (Lipinski definition) is 0. The minimum atomic E-state index is 0.548. The van der Waals surface area contributed by atoms with Crippen molar-refractivity contribution in [3.8, 4) is 51.8 Å². The molecule has 0 radical (unpaired) electrons. The van der Waals surface area contributed by atoms with Crippen LogP contribution in [-0.2, 0) is 0 Å². The first-order valence-electron chi connectivity index (χ1n) is 16.3. The highest BCUT2D eigenvalue weighted by molar-refractivity contribution is 6.12. The van der Waals surface area contributed by atoms with Gasteiger partial charge in [0, 0.05) is 32.8 Å². The lowest BCUT2D eigenvalue weighted by molar-refractivity contribution is 1.17. The van der Waals surface area contributed by atoms with E-state index in [9.17, 15) is 15.8 Å². The van der Waals surface area contributed by atoms with Gasteiger partial charge in [0.05, 0.1) is 56.6 Å². The Kier molecular flexibility index (Phi) is 6.56. The molecule has 0 fully saturated rings. The normalized spacial score (nSPS) is 11.1. The predicted molar refractivity (Wildman–Crippen MR) is 200 cm³/mol. The monoisotopic (exact) mass is 635 g/mol. The minimum absolute atomic E-state index is 0.548. The zero-order valence-electron chi connectivity index (χ0n) is 26.7. The molecule has 9 aromatic rings. The average Bonchev–Trinajstić information content (AvgIpc) is 3.70. The van der Waals surface area contributed by atoms with E-state index in [0.29, 0.717) is 16.7 Å². The van der Waals surface area contributed by atoms with Gasteiger partial charge < -0.3 is 9.13 Å². The molecule has 0 aliphatic rings. The van der Waals surface area contributed by atoms with Gasteiger partial charge in [0.25, 0.3) is 0 Å². The van der Waals surface area contributed by atoms with Gasteiger partial charge in [0.2, 0.25) is 0 Å². The molecule has 5 nitrogen and oxygen atoms in total. The molecule has 0 aliphatic heterocycles. The van der Waals surface area contributed by atoms with E-state index >= 15 is 0 Å². The highest BCUT2D eigenvalue weighted by Gasteiger charge is 2.19. The number of benzene rings is 7. The summed E-state index contributed by atoms with van der Waals surface area (Å²) >= 11 is 0. The smallest absolute Gasteiger partial charge is 0.101 e. The Morgan fingerprint density at radius 3 is 1.82 bits per heavy atom. The number of hydrogen-bond acceptors (Lipinski definition) is 3. The molecule has 2 heterocycles. The van der Waals surface area contributed by atoms with Gasteiger partial charge in [-0.25, -0.2) is 0 Å². The van der Waals surface area contributed by atoms with Gasteiger partial charge >= 0.3 is 0 Å². The van der Waals surface area contributed by atoms with E-state index < -0.39 is 0 Å². The van der Waals surface area contributed by atoms with Gasteiger partial charge in [-0.15, -0.1) is 0 Å². The maximum absolute atomic E-state index is 10.5. The molecule has 0 saturated carbocycles. The fraction of sp³-hybridized carbons (Fsp3) is 0. The fourth-order valence-corrected chi connectivity index (χ4v) is 7.46. The Morgan fingerprint density at radius 1 is 0.400 bits per heavy atom. The van der Waals surface area contributed by atoms with Crippen molar-refractivity contribution in [2.45, 2.75) is 0 Å². The maximum atomic E-state index is 10.5. The number of nitrogens with zero attached hydrogens (tertiary/aromatic N) is 5. The molecule has 7 aromatic carbocycles. The van der Waals surface area contributed by atoms with Gasteiger partial charge in [0.15, 0.2) is 0 Å². The molecule has 0 atom stereocenters. The summed E-state index contributed by atoms with van der Waals surface area (Å²) in [6, 6.07) is 57.8. The summed E-state index contributed by atoms with van der Waals surface area (Å²) in [5.74, 6) is 0. The van der Waals surface area contributed by atoms with Crippen molar-refractivity contribution in [1.29, 1.82) is 15.8 Å². The quantitative estimate of drug-likeness (QED) is 0.193. The number of rotatable bonds is 4. The number of para-hydroxylation sites is 4. The number of nitriles is 3. The van der Waals surface area contributed by atoms with Crippen molar-refractivity contribution in [3.05, 3.63) is 168 Å². The molecular weight excluding hydrogens is 611 g/mol. The van der Waals surface area contributed by atoms with Crippen LogP contribution in [0.5, 0.6) is 0 Å². The highest BCUT2D eigenvalue weighted by atomic mass is 15.0. The largest absolute Gasteiger partial charge is 0.309 e. The molecule has 0 N–H and O–H groups in total.